The lowest BCUT2D eigenvalue weighted by atomic mass is 9.75. The third kappa shape index (κ3) is 2.99. The molecule has 6 nitrogen and oxygen atoms in total. The van der Waals surface area contributed by atoms with Crippen LogP contribution in [0.2, 0.25) is 0 Å². The molecule has 7 heteroatoms. The highest BCUT2D eigenvalue weighted by atomic mass is 32.2. The first-order chi connectivity index (χ1) is 9.41. The van der Waals surface area contributed by atoms with Gasteiger partial charge in [0.15, 0.2) is 5.25 Å². The molecular formula is C13H24N2O4S. The maximum Gasteiger partial charge on any atom is 0.325 e. The van der Waals surface area contributed by atoms with E-state index in [0.717, 1.165) is 38.8 Å². The number of hydrogen-bond donors (Lipinski definition) is 1. The zero-order valence-corrected chi connectivity index (χ0v) is 13.0. The second kappa shape index (κ2) is 5.99. The summed E-state index contributed by atoms with van der Waals surface area (Å²) < 4.78 is 31.1. The Bertz CT molecular complexity index is 451. The van der Waals surface area contributed by atoms with Crippen molar-refractivity contribution in [2.45, 2.75) is 37.9 Å². The summed E-state index contributed by atoms with van der Waals surface area (Å²) in [5.74, 6) is -0.689. The molecule has 2 saturated heterocycles. The maximum absolute atomic E-state index is 12.5. The van der Waals surface area contributed by atoms with Crippen LogP contribution >= 0.6 is 0 Å². The van der Waals surface area contributed by atoms with Gasteiger partial charge in [-0.15, -0.1) is 0 Å². The van der Waals surface area contributed by atoms with Crippen LogP contribution in [-0.2, 0) is 19.6 Å². The molecule has 2 aliphatic rings. The number of hydrogen-bond acceptors (Lipinski definition) is 5. The Morgan fingerprint density at radius 2 is 2.05 bits per heavy atom. The SMILES string of the molecule is COC(=O)C(C)S(=O)(=O)N1CCCC2(CCCNC2)C1. The van der Waals surface area contributed by atoms with Gasteiger partial charge in [0, 0.05) is 19.6 Å². The standard InChI is InChI=1S/C13H24N2O4S/c1-11(12(16)19-2)20(17,18)15-8-4-6-13(10-15)5-3-7-14-9-13/h11,14H,3-10H2,1-2H3. The van der Waals surface area contributed by atoms with Gasteiger partial charge in [-0.25, -0.2) is 12.7 Å². The quantitative estimate of drug-likeness (QED) is 0.761. The average Bonchev–Trinajstić information content (AvgIpc) is 2.46. The van der Waals surface area contributed by atoms with Crippen molar-refractivity contribution in [2.75, 3.05) is 33.3 Å². The average molecular weight is 304 g/mol. The van der Waals surface area contributed by atoms with E-state index in [1.165, 1.54) is 18.3 Å². The number of sulfonamides is 1. The summed E-state index contributed by atoms with van der Waals surface area (Å²) in [6.07, 6.45) is 4.05. The molecule has 1 N–H and O–H groups in total. The molecule has 20 heavy (non-hydrogen) atoms. The number of carbonyl (C=O) groups is 1. The van der Waals surface area contributed by atoms with E-state index in [-0.39, 0.29) is 5.41 Å². The van der Waals surface area contributed by atoms with Crippen molar-refractivity contribution in [1.82, 2.24) is 9.62 Å². The predicted octanol–water partition coefficient (Wildman–Crippen LogP) is 0.343. The summed E-state index contributed by atoms with van der Waals surface area (Å²) in [4.78, 5) is 11.5. The molecule has 1 spiro atoms. The van der Waals surface area contributed by atoms with E-state index in [0.29, 0.717) is 13.1 Å². The van der Waals surface area contributed by atoms with Crippen LogP contribution in [0.4, 0.5) is 0 Å². The van der Waals surface area contributed by atoms with Crippen molar-refractivity contribution in [3.8, 4) is 0 Å². The van der Waals surface area contributed by atoms with Crippen LogP contribution in [0.3, 0.4) is 0 Å². The Labute approximate surface area is 120 Å². The van der Waals surface area contributed by atoms with Crippen LogP contribution in [0.5, 0.6) is 0 Å². The molecule has 0 amide bonds. The molecule has 0 radical (unpaired) electrons. The minimum atomic E-state index is -3.62. The zero-order valence-electron chi connectivity index (χ0n) is 12.2. The molecule has 0 aromatic heterocycles. The third-order valence-electron chi connectivity index (χ3n) is 4.53. The van der Waals surface area contributed by atoms with Crippen molar-refractivity contribution in [1.29, 1.82) is 0 Å². The number of carbonyl (C=O) groups excluding carboxylic acids is 1. The molecule has 2 aliphatic heterocycles. The smallest absolute Gasteiger partial charge is 0.325 e. The largest absolute Gasteiger partial charge is 0.468 e. The van der Waals surface area contributed by atoms with Crippen LogP contribution in [0.15, 0.2) is 0 Å². The van der Waals surface area contributed by atoms with E-state index in [1.807, 2.05) is 0 Å². The molecule has 116 valence electrons. The van der Waals surface area contributed by atoms with Gasteiger partial charge >= 0.3 is 5.97 Å². The van der Waals surface area contributed by atoms with Gasteiger partial charge in [0.2, 0.25) is 10.0 Å². The van der Waals surface area contributed by atoms with Gasteiger partial charge < -0.3 is 10.1 Å². The van der Waals surface area contributed by atoms with Crippen LogP contribution in [0, 0.1) is 5.41 Å². The lowest BCUT2D eigenvalue weighted by molar-refractivity contribution is -0.139. The molecule has 2 unspecified atom stereocenters. The monoisotopic (exact) mass is 304 g/mol. The molecule has 2 atom stereocenters. The van der Waals surface area contributed by atoms with E-state index in [2.05, 4.69) is 10.1 Å². The van der Waals surface area contributed by atoms with Crippen molar-refractivity contribution >= 4 is 16.0 Å². The van der Waals surface area contributed by atoms with E-state index >= 15 is 0 Å². The molecule has 2 fully saturated rings. The number of methoxy groups -OCH3 is 1. The molecule has 0 aliphatic carbocycles. The highest BCUT2D eigenvalue weighted by molar-refractivity contribution is 7.90. The number of piperidine rings is 2. The van der Waals surface area contributed by atoms with Crippen molar-refractivity contribution in [3.63, 3.8) is 0 Å². The Morgan fingerprint density at radius 3 is 2.65 bits per heavy atom. The first kappa shape index (κ1) is 15.7. The van der Waals surface area contributed by atoms with Crippen molar-refractivity contribution < 1.29 is 17.9 Å². The molecule has 0 aromatic rings. The van der Waals surface area contributed by atoms with E-state index in [9.17, 15) is 13.2 Å². The second-order valence-electron chi connectivity index (χ2n) is 5.93. The Kier molecular flexibility index (Phi) is 4.71. The van der Waals surface area contributed by atoms with Crippen LogP contribution in [0.25, 0.3) is 0 Å². The Hall–Kier alpha value is -0.660. The Balaban J connectivity index is 2.13. The number of esters is 1. The fourth-order valence-corrected chi connectivity index (χ4v) is 4.89. The fourth-order valence-electron chi connectivity index (χ4n) is 3.27. The topological polar surface area (TPSA) is 75.7 Å². The van der Waals surface area contributed by atoms with Gasteiger partial charge in [-0.3, -0.25) is 4.79 Å². The molecule has 2 rings (SSSR count). The number of rotatable bonds is 3. The summed E-state index contributed by atoms with van der Waals surface area (Å²) in [6, 6.07) is 0. The minimum absolute atomic E-state index is 0.0411. The summed E-state index contributed by atoms with van der Waals surface area (Å²) in [7, 11) is -2.40. The molecule has 2 heterocycles. The van der Waals surface area contributed by atoms with Gasteiger partial charge in [-0.05, 0) is 44.6 Å². The molecule has 0 aromatic carbocycles. The van der Waals surface area contributed by atoms with Gasteiger partial charge in [0.05, 0.1) is 7.11 Å². The number of ether oxygens (including phenoxy) is 1. The van der Waals surface area contributed by atoms with Crippen LogP contribution in [-0.4, -0.2) is 57.2 Å². The van der Waals surface area contributed by atoms with Gasteiger partial charge in [-0.2, -0.15) is 0 Å². The van der Waals surface area contributed by atoms with Crippen molar-refractivity contribution in [2.24, 2.45) is 5.41 Å². The summed E-state index contributed by atoms with van der Waals surface area (Å²) in [6.45, 7) is 4.30. The lowest BCUT2D eigenvalue weighted by Gasteiger charge is -2.45. The van der Waals surface area contributed by atoms with Gasteiger partial charge in [0.25, 0.3) is 0 Å². The van der Waals surface area contributed by atoms with E-state index in [4.69, 9.17) is 0 Å². The first-order valence-electron chi connectivity index (χ1n) is 7.19. The summed E-state index contributed by atoms with van der Waals surface area (Å²) >= 11 is 0. The molecular weight excluding hydrogens is 280 g/mol. The highest BCUT2D eigenvalue weighted by Gasteiger charge is 2.43. The second-order valence-corrected chi connectivity index (χ2v) is 8.18. The summed E-state index contributed by atoms with van der Waals surface area (Å²) in [5.41, 5.74) is 0.0411. The molecule has 0 saturated carbocycles. The zero-order chi connectivity index (χ0) is 14.8. The third-order valence-corrected chi connectivity index (χ3v) is 6.64. The number of nitrogens with one attached hydrogen (secondary N) is 1. The lowest BCUT2D eigenvalue weighted by Crippen LogP contribution is -2.54. The van der Waals surface area contributed by atoms with Crippen LogP contribution < -0.4 is 5.32 Å². The van der Waals surface area contributed by atoms with E-state index < -0.39 is 21.2 Å². The fraction of sp³-hybridized carbons (Fsp3) is 0.923. The summed E-state index contributed by atoms with van der Waals surface area (Å²) in [5, 5.41) is 2.24. The van der Waals surface area contributed by atoms with Crippen LogP contribution in [0.1, 0.15) is 32.6 Å². The highest BCUT2D eigenvalue weighted by Crippen LogP contribution is 2.37. The predicted molar refractivity (Wildman–Crippen MR) is 75.7 cm³/mol. The van der Waals surface area contributed by atoms with Crippen molar-refractivity contribution in [3.05, 3.63) is 0 Å². The normalized spacial score (nSPS) is 30.1. The minimum Gasteiger partial charge on any atom is -0.468 e. The van der Waals surface area contributed by atoms with Gasteiger partial charge in [-0.1, -0.05) is 0 Å². The maximum atomic E-state index is 12.5. The van der Waals surface area contributed by atoms with Gasteiger partial charge in [0.1, 0.15) is 0 Å². The molecule has 0 bridgehead atoms. The number of nitrogens with zero attached hydrogens (tertiary/aromatic N) is 1. The first-order valence-corrected chi connectivity index (χ1v) is 8.69. The Morgan fingerprint density at radius 1 is 1.35 bits per heavy atom. The van der Waals surface area contributed by atoms with E-state index in [1.54, 1.807) is 0 Å².